The van der Waals surface area contributed by atoms with Crippen molar-refractivity contribution < 1.29 is 19.6 Å². The normalized spacial score (nSPS) is 11.6. The smallest absolute Gasteiger partial charge is 0.364 e. The van der Waals surface area contributed by atoms with E-state index in [0.717, 1.165) is 11.1 Å². The number of amides is 1. The highest BCUT2D eigenvalue weighted by molar-refractivity contribution is 6.31. The van der Waals surface area contributed by atoms with Crippen LogP contribution >= 0.6 is 11.6 Å². The summed E-state index contributed by atoms with van der Waals surface area (Å²) in [5.74, 6) is -0.553. The summed E-state index contributed by atoms with van der Waals surface area (Å²) in [6.07, 6.45) is 0.497. The third-order valence-electron chi connectivity index (χ3n) is 3.93. The number of hydrogen-bond donors (Lipinski definition) is 2. The molecule has 0 spiro atoms. The molecule has 0 aliphatic rings. The molecule has 2 aromatic rings. The molecule has 0 saturated heterocycles. The third-order valence-corrected chi connectivity index (χ3v) is 4.34. The topological polar surface area (TPSA) is 72.0 Å². The van der Waals surface area contributed by atoms with Crippen LogP contribution in [0.25, 0.3) is 0 Å². The van der Waals surface area contributed by atoms with Crippen LogP contribution in [0, 0.1) is 6.92 Å². The molecule has 2 rings (SSSR count). The molecule has 0 bridgehead atoms. The van der Waals surface area contributed by atoms with E-state index in [1.165, 1.54) is 7.11 Å². The molecule has 0 fully saturated rings. The summed E-state index contributed by atoms with van der Waals surface area (Å²) in [7, 11) is 1.35. The standard InChI is InChI=1S/C19H21ClN2O3/c1-13-15(20)9-6-10-16(13)22-18(23)12-21-17(19(24)25-2)11-14-7-4-3-5-8-14/h3-10,17,21H,11-12H2,1-2H3,(H,22,23)/p+1/t17-/m0/s1. The number of carbonyl (C=O) groups is 2. The first-order chi connectivity index (χ1) is 12.0. The van der Waals surface area contributed by atoms with Crippen molar-refractivity contribution in [3.05, 3.63) is 64.7 Å². The van der Waals surface area contributed by atoms with Gasteiger partial charge in [0.2, 0.25) is 0 Å². The Morgan fingerprint density at radius 2 is 1.88 bits per heavy atom. The van der Waals surface area contributed by atoms with Crippen LogP contribution in [0.15, 0.2) is 48.5 Å². The number of methoxy groups -OCH3 is 1. The van der Waals surface area contributed by atoms with Gasteiger partial charge < -0.3 is 15.4 Å². The molecule has 2 aromatic carbocycles. The van der Waals surface area contributed by atoms with Crippen LogP contribution in [0.2, 0.25) is 5.02 Å². The summed E-state index contributed by atoms with van der Waals surface area (Å²) in [6, 6.07) is 14.5. The van der Waals surface area contributed by atoms with Gasteiger partial charge in [0, 0.05) is 17.1 Å². The molecule has 0 aliphatic carbocycles. The Balaban J connectivity index is 1.96. The molecule has 0 heterocycles. The average Bonchev–Trinajstić information content (AvgIpc) is 2.62. The zero-order valence-corrected chi connectivity index (χ0v) is 15.0. The maximum atomic E-state index is 12.2. The maximum absolute atomic E-state index is 12.2. The number of rotatable bonds is 7. The van der Waals surface area contributed by atoms with Crippen molar-refractivity contribution in [2.45, 2.75) is 19.4 Å². The van der Waals surface area contributed by atoms with Crippen LogP contribution in [-0.4, -0.2) is 31.6 Å². The van der Waals surface area contributed by atoms with Gasteiger partial charge in [-0.1, -0.05) is 48.0 Å². The van der Waals surface area contributed by atoms with Crippen molar-refractivity contribution in [1.29, 1.82) is 0 Å². The second kappa shape index (κ2) is 9.20. The molecular formula is C19H22ClN2O3+. The molecule has 0 aromatic heterocycles. The number of carbonyl (C=O) groups excluding carboxylic acids is 2. The van der Waals surface area contributed by atoms with Gasteiger partial charge in [-0.05, 0) is 30.2 Å². The van der Waals surface area contributed by atoms with Crippen LogP contribution in [0.1, 0.15) is 11.1 Å². The Bertz CT molecular complexity index is 735. The molecule has 132 valence electrons. The minimum atomic E-state index is -0.474. The molecule has 25 heavy (non-hydrogen) atoms. The van der Waals surface area contributed by atoms with Gasteiger partial charge in [0.25, 0.3) is 5.91 Å². The van der Waals surface area contributed by atoms with Gasteiger partial charge in [-0.3, -0.25) is 4.79 Å². The Morgan fingerprint density at radius 3 is 2.56 bits per heavy atom. The van der Waals surface area contributed by atoms with E-state index in [-0.39, 0.29) is 18.4 Å². The predicted molar refractivity (Wildman–Crippen MR) is 97.6 cm³/mol. The molecule has 0 radical (unpaired) electrons. The van der Waals surface area contributed by atoms with E-state index in [9.17, 15) is 9.59 Å². The Kier molecular flexibility index (Phi) is 6.98. The molecular weight excluding hydrogens is 340 g/mol. The van der Waals surface area contributed by atoms with E-state index in [0.29, 0.717) is 17.1 Å². The van der Waals surface area contributed by atoms with Crippen molar-refractivity contribution >= 4 is 29.2 Å². The van der Waals surface area contributed by atoms with Gasteiger partial charge in [-0.25, -0.2) is 4.79 Å². The number of nitrogens with one attached hydrogen (secondary N) is 1. The third kappa shape index (κ3) is 5.59. The van der Waals surface area contributed by atoms with E-state index < -0.39 is 6.04 Å². The average molecular weight is 362 g/mol. The number of benzene rings is 2. The summed E-state index contributed by atoms with van der Waals surface area (Å²) >= 11 is 6.06. The largest absolute Gasteiger partial charge is 0.465 e. The minimum Gasteiger partial charge on any atom is -0.465 e. The molecule has 3 N–H and O–H groups in total. The van der Waals surface area contributed by atoms with Crippen molar-refractivity contribution in [3.63, 3.8) is 0 Å². The Hall–Kier alpha value is -2.37. The number of nitrogens with two attached hydrogens (primary N) is 1. The number of quaternary nitrogens is 1. The second-order valence-corrected chi connectivity index (χ2v) is 6.13. The fourth-order valence-corrected chi connectivity index (χ4v) is 2.65. The zero-order valence-electron chi connectivity index (χ0n) is 14.3. The van der Waals surface area contributed by atoms with Crippen LogP contribution < -0.4 is 10.6 Å². The van der Waals surface area contributed by atoms with E-state index in [1.807, 2.05) is 37.3 Å². The van der Waals surface area contributed by atoms with Gasteiger partial charge in [0.1, 0.15) is 0 Å². The van der Waals surface area contributed by atoms with E-state index in [4.69, 9.17) is 16.3 Å². The molecule has 5 nitrogen and oxygen atoms in total. The highest BCUT2D eigenvalue weighted by atomic mass is 35.5. The highest BCUT2D eigenvalue weighted by Gasteiger charge is 2.24. The van der Waals surface area contributed by atoms with E-state index in [2.05, 4.69) is 5.32 Å². The summed E-state index contributed by atoms with van der Waals surface area (Å²) in [5.41, 5.74) is 2.50. The van der Waals surface area contributed by atoms with Gasteiger partial charge >= 0.3 is 5.97 Å². The van der Waals surface area contributed by atoms with Crippen LogP contribution in [0.4, 0.5) is 5.69 Å². The Morgan fingerprint density at radius 1 is 1.16 bits per heavy atom. The lowest BCUT2D eigenvalue weighted by Gasteiger charge is -2.14. The lowest BCUT2D eigenvalue weighted by Crippen LogP contribution is -2.94. The molecule has 1 atom stereocenters. The number of halogens is 1. The van der Waals surface area contributed by atoms with Crippen LogP contribution in [-0.2, 0) is 20.7 Å². The van der Waals surface area contributed by atoms with Crippen molar-refractivity contribution in [1.82, 2.24) is 0 Å². The number of ether oxygens (including phenoxy) is 1. The summed E-state index contributed by atoms with van der Waals surface area (Å²) < 4.78 is 4.85. The van der Waals surface area contributed by atoms with Crippen molar-refractivity contribution in [2.75, 3.05) is 19.0 Å². The SMILES string of the molecule is COC(=O)[C@H](Cc1ccccc1)[NH2+]CC(=O)Nc1cccc(Cl)c1C. The number of anilines is 1. The monoisotopic (exact) mass is 361 g/mol. The fourth-order valence-electron chi connectivity index (χ4n) is 2.48. The van der Waals surface area contributed by atoms with E-state index >= 15 is 0 Å². The summed E-state index contributed by atoms with van der Waals surface area (Å²) in [4.78, 5) is 24.2. The van der Waals surface area contributed by atoms with Crippen LogP contribution in [0.5, 0.6) is 0 Å². The molecule has 0 unspecified atom stereocenters. The number of esters is 1. The van der Waals surface area contributed by atoms with Gasteiger partial charge in [0.05, 0.1) is 7.11 Å². The van der Waals surface area contributed by atoms with Crippen molar-refractivity contribution in [3.8, 4) is 0 Å². The number of hydrogen-bond acceptors (Lipinski definition) is 3. The van der Waals surface area contributed by atoms with Gasteiger partial charge in [-0.15, -0.1) is 0 Å². The molecule has 0 saturated carbocycles. The molecule has 1 amide bonds. The quantitative estimate of drug-likeness (QED) is 0.740. The van der Waals surface area contributed by atoms with Gasteiger partial charge in [0.15, 0.2) is 12.6 Å². The molecule has 0 aliphatic heterocycles. The molecule has 6 heteroatoms. The van der Waals surface area contributed by atoms with E-state index in [1.54, 1.807) is 23.5 Å². The highest BCUT2D eigenvalue weighted by Crippen LogP contribution is 2.22. The van der Waals surface area contributed by atoms with Crippen LogP contribution in [0.3, 0.4) is 0 Å². The second-order valence-electron chi connectivity index (χ2n) is 5.72. The first kappa shape index (κ1) is 19.0. The first-order valence-corrected chi connectivity index (χ1v) is 8.39. The zero-order chi connectivity index (χ0) is 18.2. The Labute approximate surface area is 152 Å². The predicted octanol–water partition coefficient (Wildman–Crippen LogP) is 1.93. The van der Waals surface area contributed by atoms with Gasteiger partial charge in [-0.2, -0.15) is 0 Å². The summed E-state index contributed by atoms with van der Waals surface area (Å²) in [5, 5.41) is 5.10. The maximum Gasteiger partial charge on any atom is 0.364 e. The summed E-state index contributed by atoms with van der Waals surface area (Å²) in [6.45, 7) is 1.95. The minimum absolute atomic E-state index is 0.110. The fraction of sp³-hybridized carbons (Fsp3) is 0.263. The van der Waals surface area contributed by atoms with Crippen molar-refractivity contribution in [2.24, 2.45) is 0 Å². The lowest BCUT2D eigenvalue weighted by atomic mass is 10.1. The first-order valence-electron chi connectivity index (χ1n) is 8.01. The lowest BCUT2D eigenvalue weighted by molar-refractivity contribution is -0.667.